The Balaban J connectivity index is 1.42. The number of ether oxygens (including phenoxy) is 3. The average Bonchev–Trinajstić information content (AvgIpc) is 3.30. The van der Waals surface area contributed by atoms with Gasteiger partial charge in [-0.3, -0.25) is 0 Å². The Bertz CT molecular complexity index is 1130. The lowest BCUT2D eigenvalue weighted by molar-refractivity contribution is 0.171. The summed E-state index contributed by atoms with van der Waals surface area (Å²) in [5, 5.41) is 3.48. The number of fused-ring (bicyclic) bond motifs is 1. The first kappa shape index (κ1) is 23.2. The van der Waals surface area contributed by atoms with Crippen LogP contribution in [-0.4, -0.2) is 67.4 Å². The minimum absolute atomic E-state index is 0.274. The van der Waals surface area contributed by atoms with Gasteiger partial charge in [-0.25, -0.2) is 13.4 Å². The summed E-state index contributed by atoms with van der Waals surface area (Å²) in [6.45, 7) is 4.08. The smallest absolute Gasteiger partial charge is 0.226 e. The molecule has 10 heteroatoms. The van der Waals surface area contributed by atoms with E-state index in [4.69, 9.17) is 19.2 Å². The van der Waals surface area contributed by atoms with Gasteiger partial charge in [-0.1, -0.05) is 13.0 Å². The number of nitrogens with one attached hydrogen (secondary N) is 1. The van der Waals surface area contributed by atoms with E-state index < -0.39 is 10.0 Å². The second kappa shape index (κ2) is 9.58. The van der Waals surface area contributed by atoms with Gasteiger partial charge in [0.15, 0.2) is 11.5 Å². The van der Waals surface area contributed by atoms with E-state index in [1.807, 2.05) is 18.2 Å². The van der Waals surface area contributed by atoms with Crippen LogP contribution in [0.15, 0.2) is 24.4 Å². The minimum atomic E-state index is -3.25. The number of sulfonamides is 1. The quantitative estimate of drug-likeness (QED) is 0.661. The van der Waals surface area contributed by atoms with E-state index >= 15 is 0 Å². The third-order valence-electron chi connectivity index (χ3n) is 6.81. The molecule has 1 saturated carbocycles. The first-order chi connectivity index (χ1) is 16.3. The Morgan fingerprint density at radius 2 is 1.85 bits per heavy atom. The molecule has 2 aliphatic heterocycles. The predicted molar refractivity (Wildman–Crippen MR) is 129 cm³/mol. The van der Waals surface area contributed by atoms with Crippen LogP contribution in [0.5, 0.6) is 17.4 Å². The van der Waals surface area contributed by atoms with Gasteiger partial charge in [-0.05, 0) is 55.7 Å². The number of rotatable bonds is 6. The van der Waals surface area contributed by atoms with Gasteiger partial charge in [-0.2, -0.15) is 9.29 Å². The van der Waals surface area contributed by atoms with Gasteiger partial charge >= 0.3 is 0 Å². The summed E-state index contributed by atoms with van der Waals surface area (Å²) in [6.07, 6.45) is 7.91. The Labute approximate surface area is 200 Å². The zero-order valence-electron chi connectivity index (χ0n) is 19.7. The fraction of sp³-hybridized carbons (Fsp3) is 0.583. The van der Waals surface area contributed by atoms with Crippen molar-refractivity contribution in [2.45, 2.75) is 51.2 Å². The third kappa shape index (κ3) is 5.22. The van der Waals surface area contributed by atoms with E-state index in [1.54, 1.807) is 6.20 Å². The van der Waals surface area contributed by atoms with Gasteiger partial charge in [0.2, 0.25) is 21.9 Å². The summed E-state index contributed by atoms with van der Waals surface area (Å²) in [4.78, 5) is 9.33. The van der Waals surface area contributed by atoms with Crippen LogP contribution in [0.2, 0.25) is 0 Å². The van der Waals surface area contributed by atoms with Crippen molar-refractivity contribution in [3.63, 3.8) is 0 Å². The maximum absolute atomic E-state index is 12.0. The molecule has 1 aromatic heterocycles. The molecule has 1 unspecified atom stereocenters. The molecule has 1 aliphatic carbocycles. The molecule has 2 aromatic rings. The molecule has 3 aliphatic rings. The van der Waals surface area contributed by atoms with Crippen molar-refractivity contribution in [2.24, 2.45) is 5.92 Å². The molecule has 34 heavy (non-hydrogen) atoms. The van der Waals surface area contributed by atoms with Crippen LogP contribution >= 0.6 is 0 Å². The van der Waals surface area contributed by atoms with Crippen molar-refractivity contribution in [3.8, 4) is 28.5 Å². The zero-order valence-corrected chi connectivity index (χ0v) is 20.5. The van der Waals surface area contributed by atoms with Crippen LogP contribution in [0.4, 0.5) is 5.95 Å². The van der Waals surface area contributed by atoms with Crippen molar-refractivity contribution in [1.29, 1.82) is 0 Å². The number of nitrogens with zero attached hydrogens (tertiary/aromatic N) is 3. The molecule has 1 atom stereocenters. The normalized spacial score (nSPS) is 25.2. The first-order valence-electron chi connectivity index (χ1n) is 12.0. The summed E-state index contributed by atoms with van der Waals surface area (Å²) in [7, 11) is -3.25. The Kier molecular flexibility index (Phi) is 6.52. The number of anilines is 1. The van der Waals surface area contributed by atoms with Gasteiger partial charge in [0.25, 0.3) is 0 Å². The molecular formula is C24H32N4O5S. The average molecular weight is 489 g/mol. The fourth-order valence-corrected chi connectivity index (χ4v) is 5.65. The van der Waals surface area contributed by atoms with E-state index in [0.717, 1.165) is 29.9 Å². The predicted octanol–water partition coefficient (Wildman–Crippen LogP) is 3.32. The monoisotopic (exact) mass is 488 g/mol. The minimum Gasteiger partial charge on any atom is -0.486 e. The van der Waals surface area contributed by atoms with Crippen LogP contribution in [0.25, 0.3) is 11.1 Å². The fourth-order valence-electron chi connectivity index (χ4n) is 4.77. The number of hydrogen-bond donors (Lipinski definition) is 1. The highest BCUT2D eigenvalue weighted by Crippen LogP contribution is 2.38. The van der Waals surface area contributed by atoms with Crippen LogP contribution < -0.4 is 19.5 Å². The zero-order chi connectivity index (χ0) is 23.7. The van der Waals surface area contributed by atoms with Gasteiger partial charge < -0.3 is 19.5 Å². The lowest BCUT2D eigenvalue weighted by Crippen LogP contribution is -2.30. The molecule has 1 saturated heterocycles. The Hall–Kier alpha value is -2.59. The van der Waals surface area contributed by atoms with E-state index in [0.29, 0.717) is 62.1 Å². The van der Waals surface area contributed by atoms with Crippen molar-refractivity contribution < 1.29 is 22.6 Å². The standard InChI is InChI=1S/C24H32N4O5S/c1-16-3-6-18(7-4-16)26-24-25-14-20(17-5-8-21-22(13-17)32-12-11-31-21)23(27-24)33-19-9-10-28(15-19)34(2,29)30/h5,8,13-14,16,18-19H,3-4,6-7,9-12,15H2,1-2H3,(H,25,26,27)/t16-,18+,19?. The maximum atomic E-state index is 12.0. The molecule has 2 fully saturated rings. The van der Waals surface area contributed by atoms with Crippen molar-refractivity contribution >= 4 is 16.0 Å². The van der Waals surface area contributed by atoms with E-state index in [1.165, 1.54) is 23.4 Å². The van der Waals surface area contributed by atoms with Crippen molar-refractivity contribution in [1.82, 2.24) is 14.3 Å². The second-order valence-corrected chi connectivity index (χ2v) is 11.5. The molecule has 1 N–H and O–H groups in total. The summed E-state index contributed by atoms with van der Waals surface area (Å²) in [6, 6.07) is 6.07. The van der Waals surface area contributed by atoms with Gasteiger partial charge in [0.05, 0.1) is 18.4 Å². The largest absolute Gasteiger partial charge is 0.486 e. The number of hydrogen-bond acceptors (Lipinski definition) is 8. The summed E-state index contributed by atoms with van der Waals surface area (Å²) in [5.74, 6) is 3.13. The first-order valence-corrected chi connectivity index (χ1v) is 13.9. The molecule has 0 spiro atoms. The van der Waals surface area contributed by atoms with Crippen LogP contribution in [0, 0.1) is 5.92 Å². The second-order valence-electron chi connectivity index (χ2n) is 9.52. The highest BCUT2D eigenvalue weighted by atomic mass is 32.2. The van der Waals surface area contributed by atoms with Crippen LogP contribution in [-0.2, 0) is 10.0 Å². The maximum Gasteiger partial charge on any atom is 0.226 e. The molecule has 5 rings (SSSR count). The molecule has 1 aromatic carbocycles. The highest BCUT2D eigenvalue weighted by Gasteiger charge is 2.31. The van der Waals surface area contributed by atoms with Gasteiger partial charge in [0.1, 0.15) is 19.3 Å². The third-order valence-corrected chi connectivity index (χ3v) is 8.08. The van der Waals surface area contributed by atoms with Crippen LogP contribution in [0.1, 0.15) is 39.0 Å². The topological polar surface area (TPSA) is 103 Å². The van der Waals surface area contributed by atoms with E-state index in [9.17, 15) is 8.42 Å². The SMILES string of the molecule is CS(=O)(=O)N1CCC(Oc2nc(N[C@H]3CC[C@@H](C)CC3)ncc2-c2ccc3c(c2)OCCO3)C1. The van der Waals surface area contributed by atoms with Crippen molar-refractivity contribution in [2.75, 3.05) is 37.9 Å². The summed E-state index contributed by atoms with van der Waals surface area (Å²) < 4.78 is 43.1. The molecule has 0 radical (unpaired) electrons. The molecule has 9 nitrogen and oxygen atoms in total. The molecule has 0 bridgehead atoms. The molecular weight excluding hydrogens is 456 g/mol. The lowest BCUT2D eigenvalue weighted by atomic mass is 9.87. The van der Waals surface area contributed by atoms with Crippen molar-refractivity contribution in [3.05, 3.63) is 24.4 Å². The number of aromatic nitrogens is 2. The highest BCUT2D eigenvalue weighted by molar-refractivity contribution is 7.88. The molecule has 3 heterocycles. The van der Waals surface area contributed by atoms with E-state index in [2.05, 4.69) is 17.2 Å². The lowest BCUT2D eigenvalue weighted by Gasteiger charge is -2.27. The van der Waals surface area contributed by atoms with Crippen LogP contribution in [0.3, 0.4) is 0 Å². The number of benzene rings is 1. The summed E-state index contributed by atoms with van der Waals surface area (Å²) in [5.41, 5.74) is 1.59. The Morgan fingerprint density at radius 3 is 2.59 bits per heavy atom. The summed E-state index contributed by atoms with van der Waals surface area (Å²) >= 11 is 0. The van der Waals surface area contributed by atoms with Gasteiger partial charge in [0, 0.05) is 18.8 Å². The molecule has 184 valence electrons. The Morgan fingerprint density at radius 1 is 1.09 bits per heavy atom. The van der Waals surface area contributed by atoms with E-state index in [-0.39, 0.29) is 6.10 Å². The molecule has 0 amide bonds. The van der Waals surface area contributed by atoms with Gasteiger partial charge in [-0.15, -0.1) is 0 Å².